The van der Waals surface area contributed by atoms with Crippen molar-refractivity contribution in [3.05, 3.63) is 82.9 Å². The molecule has 0 N–H and O–H groups in total. The molecule has 0 fully saturated rings. The van der Waals surface area contributed by atoms with Gasteiger partial charge < -0.3 is 9.47 Å². The number of hydrogen-bond donors (Lipinski definition) is 0. The first-order valence-electron chi connectivity index (χ1n) is 9.36. The lowest BCUT2D eigenvalue weighted by Crippen LogP contribution is -2.06. The molecule has 0 bridgehead atoms. The highest BCUT2D eigenvalue weighted by molar-refractivity contribution is 5.87. The van der Waals surface area contributed by atoms with E-state index in [0.717, 1.165) is 11.1 Å². The SMILES string of the molecule is Cc1ccc(C=CC(=O)OCCCCOC(=O)C=Cc2ccc(C)cc2)cc1. The summed E-state index contributed by atoms with van der Waals surface area (Å²) in [5.74, 6) is -0.753. The minimum absolute atomic E-state index is 0.299. The lowest BCUT2D eigenvalue weighted by molar-refractivity contribution is -0.140. The van der Waals surface area contributed by atoms with Gasteiger partial charge in [-0.2, -0.15) is 0 Å². The maximum Gasteiger partial charge on any atom is 0.330 e. The number of rotatable bonds is 9. The third-order valence-electron chi connectivity index (χ3n) is 4.01. The first-order valence-corrected chi connectivity index (χ1v) is 9.36. The molecule has 2 aromatic rings. The first kappa shape index (κ1) is 21.2. The van der Waals surface area contributed by atoms with Crippen molar-refractivity contribution >= 4 is 24.1 Å². The molecule has 4 heteroatoms. The zero-order chi connectivity index (χ0) is 20.2. The highest BCUT2D eigenvalue weighted by Crippen LogP contribution is 2.06. The van der Waals surface area contributed by atoms with E-state index >= 15 is 0 Å². The summed E-state index contributed by atoms with van der Waals surface area (Å²) >= 11 is 0. The van der Waals surface area contributed by atoms with Crippen LogP contribution < -0.4 is 0 Å². The van der Waals surface area contributed by atoms with Gasteiger partial charge >= 0.3 is 11.9 Å². The zero-order valence-electron chi connectivity index (χ0n) is 16.4. The summed E-state index contributed by atoms with van der Waals surface area (Å²) in [6.45, 7) is 4.63. The molecule has 0 spiro atoms. The van der Waals surface area contributed by atoms with Crippen LogP contribution in [0.4, 0.5) is 0 Å². The molecule has 2 aromatic carbocycles. The van der Waals surface area contributed by atoms with Crippen LogP contribution in [0.2, 0.25) is 0 Å². The summed E-state index contributed by atoms with van der Waals surface area (Å²) in [6.07, 6.45) is 7.56. The Morgan fingerprint density at radius 1 is 0.679 bits per heavy atom. The minimum Gasteiger partial charge on any atom is -0.463 e. The van der Waals surface area contributed by atoms with Gasteiger partial charge in [0.25, 0.3) is 0 Å². The number of carbonyl (C=O) groups excluding carboxylic acids is 2. The standard InChI is InChI=1S/C24H26O4/c1-19-5-9-21(10-6-19)13-15-23(25)27-17-3-4-18-28-24(26)16-14-22-11-7-20(2)8-12-22/h5-16H,3-4,17-18H2,1-2H3. The molecule has 146 valence electrons. The highest BCUT2D eigenvalue weighted by Gasteiger charge is 2.00. The van der Waals surface area contributed by atoms with Crippen molar-refractivity contribution in [1.82, 2.24) is 0 Å². The van der Waals surface area contributed by atoms with Crippen molar-refractivity contribution in [2.45, 2.75) is 26.7 Å². The molecule has 0 amide bonds. The predicted octanol–water partition coefficient (Wildman–Crippen LogP) is 4.90. The van der Waals surface area contributed by atoms with Crippen LogP contribution in [0.5, 0.6) is 0 Å². The number of unbranched alkanes of at least 4 members (excludes halogenated alkanes) is 1. The summed E-state index contributed by atoms with van der Waals surface area (Å²) in [4.78, 5) is 23.3. The van der Waals surface area contributed by atoms with E-state index in [1.807, 2.05) is 62.4 Å². The second kappa shape index (κ2) is 11.5. The van der Waals surface area contributed by atoms with E-state index in [1.165, 1.54) is 23.3 Å². The number of aryl methyl sites for hydroxylation is 2. The Morgan fingerprint density at radius 3 is 1.39 bits per heavy atom. The summed E-state index contributed by atoms with van der Waals surface area (Å²) in [5, 5.41) is 0. The van der Waals surface area contributed by atoms with Gasteiger partial charge in [0.15, 0.2) is 0 Å². The quantitative estimate of drug-likeness (QED) is 0.354. The second-order valence-electron chi connectivity index (χ2n) is 6.53. The molecule has 0 radical (unpaired) electrons. The molecule has 0 aromatic heterocycles. The largest absolute Gasteiger partial charge is 0.463 e. The average Bonchev–Trinajstić information content (AvgIpc) is 2.69. The maximum atomic E-state index is 11.7. The molecule has 0 saturated heterocycles. The molecule has 0 aliphatic carbocycles. The molecule has 0 aliphatic rings. The molecule has 28 heavy (non-hydrogen) atoms. The van der Waals surface area contributed by atoms with Gasteiger partial charge in [0, 0.05) is 12.2 Å². The van der Waals surface area contributed by atoms with E-state index in [-0.39, 0.29) is 11.9 Å². The number of benzene rings is 2. The third-order valence-corrected chi connectivity index (χ3v) is 4.01. The molecule has 4 nitrogen and oxygen atoms in total. The van der Waals surface area contributed by atoms with Crippen molar-refractivity contribution in [2.24, 2.45) is 0 Å². The van der Waals surface area contributed by atoms with E-state index in [1.54, 1.807) is 12.2 Å². The summed E-state index contributed by atoms with van der Waals surface area (Å²) in [5.41, 5.74) is 4.25. The van der Waals surface area contributed by atoms with Gasteiger partial charge in [-0.3, -0.25) is 0 Å². The van der Waals surface area contributed by atoms with Crippen molar-refractivity contribution in [2.75, 3.05) is 13.2 Å². The number of ether oxygens (including phenoxy) is 2. The van der Waals surface area contributed by atoms with Crippen LogP contribution in [0.1, 0.15) is 35.1 Å². The lowest BCUT2D eigenvalue weighted by Gasteiger charge is -2.03. The molecular weight excluding hydrogens is 352 g/mol. The van der Waals surface area contributed by atoms with Crippen LogP contribution in [-0.4, -0.2) is 25.2 Å². The molecule has 0 unspecified atom stereocenters. The Labute approximate surface area is 166 Å². The smallest absolute Gasteiger partial charge is 0.330 e. The van der Waals surface area contributed by atoms with Crippen LogP contribution in [0, 0.1) is 13.8 Å². The van der Waals surface area contributed by atoms with Gasteiger partial charge in [-0.1, -0.05) is 59.7 Å². The fourth-order valence-corrected chi connectivity index (χ4v) is 2.33. The monoisotopic (exact) mass is 378 g/mol. The Balaban J connectivity index is 1.56. The Bertz CT molecular complexity index is 743. The molecule has 2 rings (SSSR count). The van der Waals surface area contributed by atoms with Crippen molar-refractivity contribution in [3.63, 3.8) is 0 Å². The number of esters is 2. The Morgan fingerprint density at radius 2 is 1.04 bits per heavy atom. The van der Waals surface area contributed by atoms with E-state index in [9.17, 15) is 9.59 Å². The van der Waals surface area contributed by atoms with Crippen molar-refractivity contribution in [1.29, 1.82) is 0 Å². The van der Waals surface area contributed by atoms with Gasteiger partial charge in [0.1, 0.15) is 0 Å². The predicted molar refractivity (Wildman–Crippen MR) is 112 cm³/mol. The van der Waals surface area contributed by atoms with Crippen LogP contribution in [0.15, 0.2) is 60.7 Å². The molecule has 0 atom stereocenters. The van der Waals surface area contributed by atoms with E-state index in [0.29, 0.717) is 26.1 Å². The van der Waals surface area contributed by atoms with E-state index < -0.39 is 0 Å². The third kappa shape index (κ3) is 8.49. The van der Waals surface area contributed by atoms with Gasteiger partial charge in [-0.05, 0) is 50.0 Å². The highest BCUT2D eigenvalue weighted by atomic mass is 16.5. The Kier molecular flexibility index (Phi) is 8.73. The minimum atomic E-state index is -0.376. The normalized spacial score (nSPS) is 11.1. The fourth-order valence-electron chi connectivity index (χ4n) is 2.33. The van der Waals surface area contributed by atoms with Crippen LogP contribution in [0.25, 0.3) is 12.2 Å². The average molecular weight is 378 g/mol. The topological polar surface area (TPSA) is 52.6 Å². The van der Waals surface area contributed by atoms with Crippen LogP contribution in [-0.2, 0) is 19.1 Å². The lowest BCUT2D eigenvalue weighted by atomic mass is 10.1. The molecule has 0 saturated carbocycles. The van der Waals surface area contributed by atoms with Crippen LogP contribution >= 0.6 is 0 Å². The zero-order valence-corrected chi connectivity index (χ0v) is 16.4. The maximum absolute atomic E-state index is 11.7. The number of hydrogen-bond acceptors (Lipinski definition) is 4. The van der Waals surface area contributed by atoms with Gasteiger partial charge in [0.05, 0.1) is 13.2 Å². The second-order valence-corrected chi connectivity index (χ2v) is 6.53. The fraction of sp³-hybridized carbons (Fsp3) is 0.250. The van der Waals surface area contributed by atoms with Gasteiger partial charge in [0.2, 0.25) is 0 Å². The van der Waals surface area contributed by atoms with E-state index in [4.69, 9.17) is 9.47 Å². The molecule has 0 heterocycles. The first-order chi connectivity index (χ1) is 13.5. The number of carbonyl (C=O) groups is 2. The summed E-state index contributed by atoms with van der Waals surface area (Å²) in [6, 6.07) is 15.7. The van der Waals surface area contributed by atoms with E-state index in [2.05, 4.69) is 0 Å². The molecular formula is C24H26O4. The van der Waals surface area contributed by atoms with Crippen molar-refractivity contribution < 1.29 is 19.1 Å². The van der Waals surface area contributed by atoms with Crippen molar-refractivity contribution in [3.8, 4) is 0 Å². The summed E-state index contributed by atoms with van der Waals surface area (Å²) < 4.78 is 10.3. The van der Waals surface area contributed by atoms with Gasteiger partial charge in [-0.25, -0.2) is 9.59 Å². The Hall–Kier alpha value is -3.14. The van der Waals surface area contributed by atoms with Crippen LogP contribution in [0.3, 0.4) is 0 Å². The summed E-state index contributed by atoms with van der Waals surface area (Å²) in [7, 11) is 0. The van der Waals surface area contributed by atoms with Gasteiger partial charge in [-0.15, -0.1) is 0 Å². The molecule has 0 aliphatic heterocycles.